The number of nitrogens with zero attached hydrogens (tertiary/aromatic N) is 4. The third kappa shape index (κ3) is 15.6. The molecule has 0 unspecified atom stereocenters. The summed E-state index contributed by atoms with van der Waals surface area (Å²) >= 11 is 0. The molecule has 3 N–H and O–H groups in total. The second-order valence-corrected chi connectivity index (χ2v) is 18.1. The number of ether oxygens (including phenoxy) is 2. The Morgan fingerprint density at radius 3 is 2.09 bits per heavy atom. The minimum Gasteiger partial charge on any atom is -0.484 e. The fraction of sp³-hybridized carbons (Fsp3) is 0.400. The van der Waals surface area contributed by atoms with Crippen LogP contribution < -0.4 is 15.2 Å². The number of nitrogens with two attached hydrogens (primary N) is 1. The highest BCUT2D eigenvalue weighted by atomic mass is 32.2. The van der Waals surface area contributed by atoms with Gasteiger partial charge in [-0.05, 0) is 90.0 Å². The average Bonchev–Trinajstić information content (AvgIpc) is 3.62. The van der Waals surface area contributed by atoms with E-state index in [4.69, 9.17) is 19.8 Å². The number of fused-ring (bicyclic) bond motifs is 2. The monoisotopic (exact) mass is 915 g/mol. The maximum absolute atomic E-state index is 13.6. The Kier molecular flexibility index (Phi) is 17.8. The summed E-state index contributed by atoms with van der Waals surface area (Å²) in [5.41, 5.74) is 10.2. The van der Waals surface area contributed by atoms with Gasteiger partial charge >= 0.3 is 6.18 Å². The predicted molar refractivity (Wildman–Crippen MR) is 250 cm³/mol. The van der Waals surface area contributed by atoms with E-state index in [-0.39, 0.29) is 17.4 Å². The summed E-state index contributed by atoms with van der Waals surface area (Å²) in [7, 11) is -2.00. The van der Waals surface area contributed by atoms with Crippen LogP contribution in [0.4, 0.5) is 13.2 Å². The van der Waals surface area contributed by atoms with Gasteiger partial charge in [0.05, 0.1) is 11.3 Å². The summed E-state index contributed by atoms with van der Waals surface area (Å²) in [6.07, 6.45) is 8.83. The SMILES string of the molecule is Cn1c(C(=O)N2CCN(Cc3ccc(OCC(F)(F)F)cc3)CC2)cc2ccc(Oc3ccc(CCCCCCCCCCN)cn3)cc21.O=S(=O)(O)CCc1cccc2ccccc12. The van der Waals surface area contributed by atoms with Crippen molar-refractivity contribution >= 4 is 37.7 Å². The highest BCUT2D eigenvalue weighted by Gasteiger charge is 2.28. The molecule has 0 radical (unpaired) electrons. The molecule has 348 valence electrons. The number of benzene rings is 4. The first-order chi connectivity index (χ1) is 31.2. The van der Waals surface area contributed by atoms with Crippen LogP contribution in [0.2, 0.25) is 0 Å². The fourth-order valence-electron chi connectivity index (χ4n) is 7.99. The molecule has 0 bridgehead atoms. The summed E-state index contributed by atoms with van der Waals surface area (Å²) in [6.45, 7) is 2.69. The van der Waals surface area contributed by atoms with Gasteiger partial charge in [0.2, 0.25) is 5.88 Å². The van der Waals surface area contributed by atoms with E-state index >= 15 is 0 Å². The highest BCUT2D eigenvalue weighted by Crippen LogP contribution is 2.28. The number of carbonyl (C=O) groups is 1. The first kappa shape index (κ1) is 49.0. The molecular weight excluding hydrogens is 856 g/mol. The van der Waals surface area contributed by atoms with E-state index in [9.17, 15) is 26.4 Å². The van der Waals surface area contributed by atoms with Gasteiger partial charge in [0.1, 0.15) is 17.2 Å². The summed E-state index contributed by atoms with van der Waals surface area (Å²) in [6, 6.07) is 31.9. The van der Waals surface area contributed by atoms with Crippen molar-refractivity contribution in [2.75, 3.05) is 45.1 Å². The lowest BCUT2D eigenvalue weighted by Crippen LogP contribution is -2.48. The molecule has 65 heavy (non-hydrogen) atoms. The van der Waals surface area contributed by atoms with E-state index in [1.807, 2.05) is 95.5 Å². The van der Waals surface area contributed by atoms with Crippen molar-refractivity contribution in [3.63, 3.8) is 0 Å². The molecule has 0 spiro atoms. The van der Waals surface area contributed by atoms with Crippen LogP contribution >= 0.6 is 0 Å². The maximum atomic E-state index is 13.6. The molecule has 11 nitrogen and oxygen atoms in total. The molecule has 1 saturated heterocycles. The molecule has 1 aliphatic heterocycles. The first-order valence-electron chi connectivity index (χ1n) is 22.4. The molecule has 3 heterocycles. The Morgan fingerprint density at radius 2 is 1.42 bits per heavy atom. The lowest BCUT2D eigenvalue weighted by molar-refractivity contribution is -0.153. The Morgan fingerprint density at radius 1 is 0.754 bits per heavy atom. The molecule has 6 aromatic rings. The number of amides is 1. The van der Waals surface area contributed by atoms with Crippen molar-refractivity contribution in [3.8, 4) is 17.4 Å². The molecule has 1 aliphatic rings. The van der Waals surface area contributed by atoms with Crippen LogP contribution in [-0.4, -0.2) is 89.5 Å². The molecule has 4 aromatic carbocycles. The van der Waals surface area contributed by atoms with E-state index in [0.717, 1.165) is 58.6 Å². The minimum absolute atomic E-state index is 0.0215. The highest BCUT2D eigenvalue weighted by molar-refractivity contribution is 7.85. The summed E-state index contributed by atoms with van der Waals surface area (Å²) < 4.78 is 80.1. The van der Waals surface area contributed by atoms with Crippen molar-refractivity contribution in [1.29, 1.82) is 0 Å². The largest absolute Gasteiger partial charge is 0.484 e. The predicted octanol–water partition coefficient (Wildman–Crippen LogP) is 10.2. The number of unbranched alkanes of at least 4 members (excludes halogenated alkanes) is 7. The van der Waals surface area contributed by atoms with Crippen LogP contribution in [0.1, 0.15) is 78.5 Å². The second-order valence-electron chi connectivity index (χ2n) is 16.6. The number of aryl methyl sites for hydroxylation is 3. The second kappa shape index (κ2) is 23.6. The van der Waals surface area contributed by atoms with Crippen molar-refractivity contribution in [3.05, 3.63) is 132 Å². The Bertz CT molecular complexity index is 2540. The molecule has 0 aliphatic carbocycles. The van der Waals surface area contributed by atoms with Crippen LogP contribution in [0.25, 0.3) is 21.7 Å². The number of hydrogen-bond acceptors (Lipinski definition) is 8. The Hall–Kier alpha value is -5.48. The molecule has 2 aromatic heterocycles. The van der Waals surface area contributed by atoms with Crippen molar-refractivity contribution < 1.29 is 40.4 Å². The van der Waals surface area contributed by atoms with Gasteiger partial charge in [-0.25, -0.2) is 4.98 Å². The van der Waals surface area contributed by atoms with Crippen molar-refractivity contribution in [1.82, 2.24) is 19.4 Å². The molecular formula is C50H60F3N5O6S. The fourth-order valence-corrected chi connectivity index (χ4v) is 8.47. The number of alkyl halides is 3. The lowest BCUT2D eigenvalue weighted by Gasteiger charge is -2.34. The zero-order valence-corrected chi connectivity index (χ0v) is 37.8. The molecule has 7 rings (SSSR count). The zero-order valence-electron chi connectivity index (χ0n) is 37.0. The van der Waals surface area contributed by atoms with Gasteiger partial charge in [0, 0.05) is 63.5 Å². The third-order valence-corrected chi connectivity index (χ3v) is 12.3. The number of carbonyl (C=O) groups excluding carboxylic acids is 1. The van der Waals surface area contributed by atoms with Crippen LogP contribution in [0.5, 0.6) is 17.4 Å². The van der Waals surface area contributed by atoms with Crippen molar-refractivity contribution in [2.24, 2.45) is 12.8 Å². The number of pyridine rings is 1. The number of rotatable bonds is 20. The number of hydrogen-bond donors (Lipinski definition) is 2. The molecule has 0 saturated carbocycles. The Labute approximate surface area is 380 Å². The summed E-state index contributed by atoms with van der Waals surface area (Å²) in [4.78, 5) is 22.2. The number of piperazine rings is 1. The number of halogens is 3. The van der Waals surface area contributed by atoms with Crippen LogP contribution in [-0.2, 0) is 36.6 Å². The topological polar surface area (TPSA) is 140 Å². The van der Waals surface area contributed by atoms with E-state index in [1.165, 1.54) is 44.1 Å². The van der Waals surface area contributed by atoms with Crippen LogP contribution in [0.15, 0.2) is 109 Å². The van der Waals surface area contributed by atoms with E-state index in [2.05, 4.69) is 16.0 Å². The molecule has 0 atom stereocenters. The van der Waals surface area contributed by atoms with Gasteiger partial charge in [-0.15, -0.1) is 0 Å². The van der Waals surface area contributed by atoms with Crippen LogP contribution in [0, 0.1) is 0 Å². The first-order valence-corrected chi connectivity index (χ1v) is 24.0. The minimum atomic E-state index is -4.37. The standard InChI is InChI=1S/C38H48F3N5O3.C12H12O3S/c1-44-34-25-33(49-36-18-13-29(26-43-36)10-8-6-4-2-3-5-7-9-19-42)17-14-31(34)24-35(44)37(47)46-22-20-45(21-23-46)27-30-11-15-32(16-12-30)48-28-38(39,40)41;13-16(14,15)9-8-11-6-3-5-10-4-1-2-7-12(10)11/h11-18,24-26H,2-10,19-23,27-28,42H2,1H3;1-7H,8-9H2,(H,13,14,15). The van der Waals surface area contributed by atoms with Gasteiger partial charge in [0.25, 0.3) is 16.0 Å². The van der Waals surface area contributed by atoms with E-state index in [0.29, 0.717) is 56.5 Å². The smallest absolute Gasteiger partial charge is 0.422 e. The molecule has 1 fully saturated rings. The van der Waals surface area contributed by atoms with E-state index < -0.39 is 22.9 Å². The van der Waals surface area contributed by atoms with Crippen molar-refractivity contribution in [2.45, 2.75) is 76.9 Å². The van der Waals surface area contributed by atoms with Gasteiger partial charge in [0.15, 0.2) is 6.61 Å². The molecule has 15 heteroatoms. The van der Waals surface area contributed by atoms with E-state index in [1.54, 1.807) is 24.3 Å². The van der Waals surface area contributed by atoms with Gasteiger partial charge in [-0.1, -0.05) is 99.2 Å². The third-order valence-electron chi connectivity index (χ3n) is 11.6. The Balaban J connectivity index is 0.000000366. The molecule has 1 amide bonds. The van der Waals surface area contributed by atoms with Gasteiger partial charge < -0.3 is 24.7 Å². The normalized spacial score (nSPS) is 13.5. The van der Waals surface area contributed by atoms with Crippen LogP contribution in [0.3, 0.4) is 0 Å². The summed E-state index contributed by atoms with van der Waals surface area (Å²) in [5, 5.41) is 3.07. The maximum Gasteiger partial charge on any atom is 0.422 e. The zero-order chi connectivity index (χ0) is 46.2. The lowest BCUT2D eigenvalue weighted by atomic mass is 10.0. The average molecular weight is 916 g/mol. The quantitative estimate of drug-likeness (QED) is 0.0566. The summed E-state index contributed by atoms with van der Waals surface area (Å²) in [5.74, 6) is 1.13. The number of aromatic nitrogens is 2. The van der Waals surface area contributed by atoms with Gasteiger partial charge in [-0.3, -0.25) is 14.2 Å². The van der Waals surface area contributed by atoms with Gasteiger partial charge in [-0.2, -0.15) is 21.6 Å².